The van der Waals surface area contributed by atoms with E-state index in [2.05, 4.69) is 10.6 Å². The van der Waals surface area contributed by atoms with E-state index in [0.717, 1.165) is 0 Å². The second-order valence-corrected chi connectivity index (χ2v) is 5.65. The van der Waals surface area contributed by atoms with Crippen molar-refractivity contribution in [3.63, 3.8) is 0 Å². The normalized spacial score (nSPS) is 12.8. The summed E-state index contributed by atoms with van der Waals surface area (Å²) in [6.07, 6.45) is -0.561. The van der Waals surface area contributed by atoms with Gasteiger partial charge in [0.1, 0.15) is 12.6 Å². The third-order valence-corrected chi connectivity index (χ3v) is 3.16. The van der Waals surface area contributed by atoms with Gasteiger partial charge in [-0.1, -0.05) is 13.8 Å². The highest BCUT2D eigenvalue weighted by Crippen LogP contribution is 2.02. The SMILES string of the molecule is CC(C)C(N)C(=O)NC(CCC(=O)O)C(=O)NCC(=O)NCC(=O)O. The van der Waals surface area contributed by atoms with Crippen LogP contribution in [0.1, 0.15) is 26.7 Å². The van der Waals surface area contributed by atoms with Crippen LogP contribution in [-0.4, -0.2) is 65.0 Å². The van der Waals surface area contributed by atoms with Crippen LogP contribution < -0.4 is 21.7 Å². The van der Waals surface area contributed by atoms with Gasteiger partial charge in [0, 0.05) is 6.42 Å². The molecule has 3 amide bonds. The van der Waals surface area contributed by atoms with Gasteiger partial charge in [-0.25, -0.2) is 0 Å². The number of rotatable bonds is 11. The highest BCUT2D eigenvalue weighted by atomic mass is 16.4. The molecule has 11 nitrogen and oxygen atoms in total. The van der Waals surface area contributed by atoms with E-state index in [9.17, 15) is 24.0 Å². The molecular formula is C14H24N4O7. The van der Waals surface area contributed by atoms with Crippen LogP contribution in [-0.2, 0) is 24.0 Å². The highest BCUT2D eigenvalue weighted by Gasteiger charge is 2.26. The number of hydrogen-bond donors (Lipinski definition) is 6. The van der Waals surface area contributed by atoms with Gasteiger partial charge in [0.15, 0.2) is 0 Å². The number of carbonyl (C=O) groups is 5. The molecule has 0 spiro atoms. The molecule has 0 radical (unpaired) electrons. The lowest BCUT2D eigenvalue weighted by Crippen LogP contribution is -2.54. The predicted octanol–water partition coefficient (Wildman–Crippen LogP) is -2.36. The van der Waals surface area contributed by atoms with Crippen LogP contribution in [0.25, 0.3) is 0 Å². The molecule has 0 aliphatic heterocycles. The fourth-order valence-corrected chi connectivity index (χ4v) is 1.63. The quantitative estimate of drug-likeness (QED) is 0.236. The van der Waals surface area contributed by atoms with Gasteiger partial charge in [-0.3, -0.25) is 24.0 Å². The topological polar surface area (TPSA) is 188 Å². The molecule has 0 rings (SSSR count). The van der Waals surface area contributed by atoms with Crippen molar-refractivity contribution in [3.8, 4) is 0 Å². The summed E-state index contributed by atoms with van der Waals surface area (Å²) in [4.78, 5) is 56.4. The molecule has 0 bridgehead atoms. The lowest BCUT2D eigenvalue weighted by atomic mass is 10.0. The largest absolute Gasteiger partial charge is 0.481 e. The molecule has 0 saturated heterocycles. The average Bonchev–Trinajstić information content (AvgIpc) is 2.52. The molecule has 0 saturated carbocycles. The van der Waals surface area contributed by atoms with Crippen LogP contribution in [0, 0.1) is 5.92 Å². The molecule has 2 unspecified atom stereocenters. The van der Waals surface area contributed by atoms with Gasteiger partial charge in [0.05, 0.1) is 12.6 Å². The van der Waals surface area contributed by atoms with Crippen LogP contribution >= 0.6 is 0 Å². The van der Waals surface area contributed by atoms with Gasteiger partial charge in [-0.15, -0.1) is 0 Å². The Morgan fingerprint density at radius 2 is 1.52 bits per heavy atom. The van der Waals surface area contributed by atoms with E-state index in [1.807, 2.05) is 5.32 Å². The fraction of sp³-hybridized carbons (Fsp3) is 0.643. The van der Waals surface area contributed by atoms with E-state index in [4.69, 9.17) is 15.9 Å². The van der Waals surface area contributed by atoms with Gasteiger partial charge in [-0.05, 0) is 12.3 Å². The minimum absolute atomic E-state index is 0.186. The van der Waals surface area contributed by atoms with Gasteiger partial charge in [0.2, 0.25) is 17.7 Å². The van der Waals surface area contributed by atoms with Gasteiger partial charge in [-0.2, -0.15) is 0 Å². The molecule has 11 heteroatoms. The number of nitrogens with two attached hydrogens (primary N) is 1. The first-order valence-electron chi connectivity index (χ1n) is 7.58. The molecule has 25 heavy (non-hydrogen) atoms. The van der Waals surface area contributed by atoms with Gasteiger partial charge in [0.25, 0.3) is 0 Å². The number of amides is 3. The van der Waals surface area contributed by atoms with E-state index in [0.29, 0.717) is 0 Å². The average molecular weight is 360 g/mol. The molecule has 0 heterocycles. The van der Waals surface area contributed by atoms with Gasteiger partial charge < -0.3 is 31.9 Å². The van der Waals surface area contributed by atoms with E-state index in [1.165, 1.54) is 0 Å². The summed E-state index contributed by atoms with van der Waals surface area (Å²) in [6, 6.07) is -2.06. The molecule has 2 atom stereocenters. The standard InChI is InChI=1S/C14H24N4O7/c1-7(2)12(15)14(25)18-8(3-4-10(20)21)13(24)17-5-9(19)16-6-11(22)23/h7-8,12H,3-6,15H2,1-2H3,(H,16,19)(H,17,24)(H,18,25)(H,20,21)(H,22,23). The maximum Gasteiger partial charge on any atom is 0.322 e. The van der Waals surface area contributed by atoms with Crippen molar-refractivity contribution in [1.29, 1.82) is 0 Å². The minimum Gasteiger partial charge on any atom is -0.481 e. The fourth-order valence-electron chi connectivity index (χ4n) is 1.63. The first kappa shape index (κ1) is 22.3. The Kier molecular flexibility index (Phi) is 9.79. The number of carboxylic acid groups (broad SMARTS) is 2. The van der Waals surface area contributed by atoms with Crippen molar-refractivity contribution in [2.75, 3.05) is 13.1 Å². The van der Waals surface area contributed by atoms with Crippen LogP contribution in [0.15, 0.2) is 0 Å². The summed E-state index contributed by atoms with van der Waals surface area (Å²) in [6.45, 7) is 2.31. The van der Waals surface area contributed by atoms with Crippen molar-refractivity contribution in [2.45, 2.75) is 38.8 Å². The van der Waals surface area contributed by atoms with Crippen LogP contribution in [0.2, 0.25) is 0 Å². The Morgan fingerprint density at radius 1 is 0.920 bits per heavy atom. The molecule has 0 aliphatic rings. The summed E-state index contributed by atoms with van der Waals surface area (Å²) >= 11 is 0. The third-order valence-electron chi connectivity index (χ3n) is 3.16. The molecule has 0 aliphatic carbocycles. The third kappa shape index (κ3) is 9.91. The molecule has 0 aromatic rings. The molecule has 7 N–H and O–H groups in total. The van der Waals surface area contributed by atoms with Crippen molar-refractivity contribution in [1.82, 2.24) is 16.0 Å². The van der Waals surface area contributed by atoms with Gasteiger partial charge >= 0.3 is 11.9 Å². The highest BCUT2D eigenvalue weighted by molar-refractivity contribution is 5.92. The second kappa shape index (κ2) is 11.0. The first-order chi connectivity index (χ1) is 11.5. The number of aliphatic carboxylic acids is 2. The van der Waals surface area contributed by atoms with Crippen LogP contribution in [0.4, 0.5) is 0 Å². The van der Waals surface area contributed by atoms with Crippen LogP contribution in [0.3, 0.4) is 0 Å². The predicted molar refractivity (Wildman–Crippen MR) is 85.3 cm³/mol. The lowest BCUT2D eigenvalue weighted by molar-refractivity contribution is -0.138. The summed E-state index contributed by atoms with van der Waals surface area (Å²) in [7, 11) is 0. The zero-order valence-corrected chi connectivity index (χ0v) is 14.1. The monoisotopic (exact) mass is 360 g/mol. The van der Waals surface area contributed by atoms with Crippen LogP contribution in [0.5, 0.6) is 0 Å². The van der Waals surface area contributed by atoms with Crippen molar-refractivity contribution < 1.29 is 34.2 Å². The molecule has 0 aromatic heterocycles. The van der Waals surface area contributed by atoms with Crippen molar-refractivity contribution in [3.05, 3.63) is 0 Å². The molecule has 0 fully saturated rings. The smallest absolute Gasteiger partial charge is 0.322 e. The summed E-state index contributed by atoms with van der Waals surface area (Å²) < 4.78 is 0. The minimum atomic E-state index is -1.24. The van der Waals surface area contributed by atoms with E-state index in [1.54, 1.807) is 13.8 Å². The molecule has 0 aromatic carbocycles. The first-order valence-corrected chi connectivity index (χ1v) is 7.58. The Morgan fingerprint density at radius 3 is 2.00 bits per heavy atom. The van der Waals surface area contributed by atoms with E-state index >= 15 is 0 Å². The summed E-state index contributed by atoms with van der Waals surface area (Å²) in [5, 5.41) is 23.8. The lowest BCUT2D eigenvalue weighted by Gasteiger charge is -2.21. The Bertz CT molecular complexity index is 521. The van der Waals surface area contributed by atoms with Crippen molar-refractivity contribution in [2.24, 2.45) is 11.7 Å². The maximum atomic E-state index is 12.1. The molecule has 142 valence electrons. The Labute approximate surface area is 144 Å². The number of carboxylic acids is 2. The van der Waals surface area contributed by atoms with E-state index in [-0.39, 0.29) is 18.8 Å². The maximum absolute atomic E-state index is 12.1. The zero-order chi connectivity index (χ0) is 19.6. The second-order valence-electron chi connectivity index (χ2n) is 5.65. The summed E-state index contributed by atoms with van der Waals surface area (Å²) in [5.74, 6) is -4.71. The Hall–Kier alpha value is -2.69. The number of nitrogens with one attached hydrogen (secondary N) is 3. The summed E-state index contributed by atoms with van der Waals surface area (Å²) in [5.41, 5.74) is 5.67. The van der Waals surface area contributed by atoms with E-state index < -0.39 is 54.8 Å². The zero-order valence-electron chi connectivity index (χ0n) is 14.1. The molecular weight excluding hydrogens is 336 g/mol. The van der Waals surface area contributed by atoms with Crippen molar-refractivity contribution >= 4 is 29.7 Å². The number of carbonyl (C=O) groups excluding carboxylic acids is 3. The Balaban J connectivity index is 4.70. The number of hydrogen-bond acceptors (Lipinski definition) is 6.